The molecule has 2 unspecified atom stereocenters. The van der Waals surface area contributed by atoms with Crippen LogP contribution in [0, 0.1) is 0 Å². The summed E-state index contributed by atoms with van der Waals surface area (Å²) in [5, 5.41) is 3.42. The zero-order valence-corrected chi connectivity index (χ0v) is 13.5. The summed E-state index contributed by atoms with van der Waals surface area (Å²) >= 11 is 0. The van der Waals surface area contributed by atoms with Crippen LogP contribution in [0.4, 0.5) is 0 Å². The van der Waals surface area contributed by atoms with Crippen LogP contribution in [-0.4, -0.2) is 50.9 Å². The largest absolute Gasteiger partial charge is 0.494 e. The first-order valence-corrected chi connectivity index (χ1v) is 8.03. The highest BCUT2D eigenvalue weighted by Gasteiger charge is 2.29. The summed E-state index contributed by atoms with van der Waals surface area (Å²) in [7, 11) is 2.00. The summed E-state index contributed by atoms with van der Waals surface area (Å²) < 4.78 is 11.8. The predicted molar refractivity (Wildman–Crippen MR) is 85.9 cm³/mol. The Hall–Kier alpha value is -1.10. The predicted octanol–water partition coefficient (Wildman–Crippen LogP) is 2.46. The maximum atomic E-state index is 6.04. The molecule has 1 heterocycles. The lowest BCUT2D eigenvalue weighted by Gasteiger charge is -2.37. The van der Waals surface area contributed by atoms with Crippen molar-refractivity contribution < 1.29 is 9.47 Å². The summed E-state index contributed by atoms with van der Waals surface area (Å²) in [6, 6.07) is 8.41. The summed E-state index contributed by atoms with van der Waals surface area (Å²) in [4.78, 5) is 2.49. The van der Waals surface area contributed by atoms with Crippen LogP contribution in [-0.2, 0) is 4.74 Å². The maximum Gasteiger partial charge on any atom is 0.124 e. The molecule has 4 nitrogen and oxygen atoms in total. The van der Waals surface area contributed by atoms with Crippen LogP contribution in [0.15, 0.2) is 24.3 Å². The van der Waals surface area contributed by atoms with Gasteiger partial charge in [0.1, 0.15) is 5.75 Å². The fraction of sp³-hybridized carbons (Fsp3) is 0.647. The van der Waals surface area contributed by atoms with Crippen LogP contribution in [0.3, 0.4) is 0 Å². The number of benzene rings is 1. The van der Waals surface area contributed by atoms with Gasteiger partial charge >= 0.3 is 0 Å². The number of ether oxygens (including phenoxy) is 2. The highest BCUT2D eigenvalue weighted by Crippen LogP contribution is 2.29. The second-order valence-corrected chi connectivity index (χ2v) is 5.45. The minimum Gasteiger partial charge on any atom is -0.494 e. The average molecular weight is 292 g/mol. The van der Waals surface area contributed by atoms with E-state index < -0.39 is 0 Å². The molecule has 1 aliphatic rings. The molecule has 0 bridgehead atoms. The summed E-state index contributed by atoms with van der Waals surface area (Å²) in [5.41, 5.74) is 1.19. The van der Waals surface area contributed by atoms with Crippen molar-refractivity contribution in [3.63, 3.8) is 0 Å². The number of para-hydroxylation sites is 1. The second-order valence-electron chi connectivity index (χ2n) is 5.45. The van der Waals surface area contributed by atoms with Crippen molar-refractivity contribution in [1.29, 1.82) is 0 Å². The molecule has 1 fully saturated rings. The fourth-order valence-electron chi connectivity index (χ4n) is 3.02. The van der Waals surface area contributed by atoms with E-state index in [2.05, 4.69) is 29.3 Å². The smallest absolute Gasteiger partial charge is 0.124 e. The van der Waals surface area contributed by atoms with Crippen LogP contribution in [0.2, 0.25) is 0 Å². The molecule has 2 rings (SSSR count). The van der Waals surface area contributed by atoms with Crippen molar-refractivity contribution >= 4 is 0 Å². The van der Waals surface area contributed by atoms with E-state index in [9.17, 15) is 0 Å². The molecule has 1 aliphatic heterocycles. The minimum atomic E-state index is 0.160. The number of nitrogens with one attached hydrogen (secondary N) is 1. The lowest BCUT2D eigenvalue weighted by Crippen LogP contribution is -2.47. The fourth-order valence-corrected chi connectivity index (χ4v) is 3.02. The molecule has 0 aromatic heterocycles. The van der Waals surface area contributed by atoms with Crippen molar-refractivity contribution in [2.45, 2.75) is 32.4 Å². The molecule has 118 valence electrons. The van der Waals surface area contributed by atoms with Gasteiger partial charge in [-0.1, -0.05) is 25.1 Å². The highest BCUT2D eigenvalue weighted by atomic mass is 16.5. The molecular formula is C17H28N2O2. The number of nitrogens with zero attached hydrogens (tertiary/aromatic N) is 1. The molecule has 0 saturated carbocycles. The van der Waals surface area contributed by atoms with E-state index in [1.807, 2.05) is 26.1 Å². The van der Waals surface area contributed by atoms with Crippen molar-refractivity contribution in [3.05, 3.63) is 29.8 Å². The van der Waals surface area contributed by atoms with Gasteiger partial charge in [0.25, 0.3) is 0 Å². The molecule has 4 heteroatoms. The Bertz CT molecular complexity index is 423. The summed E-state index contributed by atoms with van der Waals surface area (Å²) in [6.07, 6.45) is 1.35. The summed E-state index contributed by atoms with van der Waals surface area (Å²) in [5.74, 6) is 0.954. The lowest BCUT2D eigenvalue weighted by molar-refractivity contribution is -0.0462. The third-order valence-corrected chi connectivity index (χ3v) is 3.95. The highest BCUT2D eigenvalue weighted by molar-refractivity contribution is 5.36. The third kappa shape index (κ3) is 4.19. The Morgan fingerprint density at radius 2 is 2.19 bits per heavy atom. The molecule has 1 saturated heterocycles. The van der Waals surface area contributed by atoms with E-state index in [0.29, 0.717) is 6.61 Å². The van der Waals surface area contributed by atoms with Gasteiger partial charge in [-0.15, -0.1) is 0 Å². The Kier molecular flexibility index (Phi) is 6.49. The molecule has 1 aromatic rings. The second kappa shape index (κ2) is 8.37. The van der Waals surface area contributed by atoms with Crippen molar-refractivity contribution in [3.8, 4) is 5.75 Å². The van der Waals surface area contributed by atoms with Gasteiger partial charge in [0.05, 0.1) is 25.4 Å². The van der Waals surface area contributed by atoms with Gasteiger partial charge in [0.2, 0.25) is 0 Å². The van der Waals surface area contributed by atoms with Gasteiger partial charge < -0.3 is 14.8 Å². The van der Waals surface area contributed by atoms with Gasteiger partial charge in [0, 0.05) is 18.7 Å². The van der Waals surface area contributed by atoms with Crippen LogP contribution in [0.1, 0.15) is 31.9 Å². The Morgan fingerprint density at radius 1 is 1.38 bits per heavy atom. The molecule has 0 radical (unpaired) electrons. The first-order chi connectivity index (χ1) is 10.3. The number of morpholine rings is 1. The number of rotatable bonds is 7. The first-order valence-electron chi connectivity index (χ1n) is 8.03. The van der Waals surface area contributed by atoms with Gasteiger partial charge in [-0.05, 0) is 33.0 Å². The minimum absolute atomic E-state index is 0.160. The SMILES string of the molecule is CCCN1CCOC(C(NC)c2ccccc2OCC)C1. The quantitative estimate of drug-likeness (QED) is 0.837. The standard InChI is InChI=1S/C17H28N2O2/c1-4-10-19-11-12-21-16(13-19)17(18-3)14-8-6-7-9-15(14)20-5-2/h6-9,16-18H,4-5,10-13H2,1-3H3. The monoisotopic (exact) mass is 292 g/mol. The van der Waals surface area contributed by atoms with Crippen LogP contribution >= 0.6 is 0 Å². The Balaban J connectivity index is 2.15. The van der Waals surface area contributed by atoms with E-state index in [4.69, 9.17) is 9.47 Å². The molecule has 1 aromatic carbocycles. The van der Waals surface area contributed by atoms with Crippen molar-refractivity contribution in [2.75, 3.05) is 39.9 Å². The molecule has 0 spiro atoms. The van der Waals surface area contributed by atoms with Gasteiger partial charge in [-0.3, -0.25) is 4.90 Å². The van der Waals surface area contributed by atoms with Gasteiger partial charge in [-0.2, -0.15) is 0 Å². The van der Waals surface area contributed by atoms with Gasteiger partial charge in [-0.25, -0.2) is 0 Å². The molecular weight excluding hydrogens is 264 g/mol. The van der Waals surface area contributed by atoms with E-state index in [0.717, 1.165) is 32.0 Å². The maximum absolute atomic E-state index is 6.04. The molecule has 0 amide bonds. The zero-order chi connectivity index (χ0) is 15.1. The average Bonchev–Trinajstić information content (AvgIpc) is 2.51. The Morgan fingerprint density at radius 3 is 2.90 bits per heavy atom. The van der Waals surface area contributed by atoms with E-state index in [-0.39, 0.29) is 12.1 Å². The zero-order valence-electron chi connectivity index (χ0n) is 13.5. The van der Waals surface area contributed by atoms with E-state index >= 15 is 0 Å². The van der Waals surface area contributed by atoms with Crippen LogP contribution in [0.25, 0.3) is 0 Å². The number of hydrogen-bond acceptors (Lipinski definition) is 4. The first kappa shape index (κ1) is 16.3. The third-order valence-electron chi connectivity index (χ3n) is 3.95. The van der Waals surface area contributed by atoms with E-state index in [1.165, 1.54) is 12.0 Å². The van der Waals surface area contributed by atoms with Crippen LogP contribution < -0.4 is 10.1 Å². The molecule has 1 N–H and O–H groups in total. The lowest BCUT2D eigenvalue weighted by atomic mass is 9.99. The van der Waals surface area contributed by atoms with Crippen molar-refractivity contribution in [2.24, 2.45) is 0 Å². The molecule has 0 aliphatic carbocycles. The Labute approximate surface area is 128 Å². The van der Waals surface area contributed by atoms with Crippen LogP contribution in [0.5, 0.6) is 5.75 Å². The number of hydrogen-bond donors (Lipinski definition) is 1. The summed E-state index contributed by atoms with van der Waals surface area (Å²) in [6.45, 7) is 8.88. The van der Waals surface area contributed by atoms with E-state index in [1.54, 1.807) is 0 Å². The topological polar surface area (TPSA) is 33.7 Å². The number of likely N-dealkylation sites (N-methyl/N-ethyl adjacent to an activating group) is 1. The molecule has 2 atom stereocenters. The van der Waals surface area contributed by atoms with Gasteiger partial charge in [0.15, 0.2) is 0 Å². The van der Waals surface area contributed by atoms with Crippen molar-refractivity contribution in [1.82, 2.24) is 10.2 Å². The normalized spacial score (nSPS) is 21.2. The molecule has 21 heavy (non-hydrogen) atoms.